The molecule has 0 saturated carbocycles. The molecule has 0 atom stereocenters. The summed E-state index contributed by atoms with van der Waals surface area (Å²) >= 11 is 0. The largest absolute Gasteiger partial charge is 0.382 e. The summed E-state index contributed by atoms with van der Waals surface area (Å²) in [5.41, 5.74) is 6.38. The van der Waals surface area contributed by atoms with Crippen LogP contribution in [0.5, 0.6) is 0 Å². The number of nitrogens with two attached hydrogens (primary N) is 1. The highest BCUT2D eigenvalue weighted by atomic mass is 16.2. The Bertz CT molecular complexity index is 745. The second kappa shape index (κ2) is 6.87. The number of piperazine rings is 1. The van der Waals surface area contributed by atoms with Crippen molar-refractivity contribution in [3.8, 4) is 6.07 Å². The number of carbonyl (C=O) groups excluding carboxylic acids is 1. The molecular weight excluding hydrogens is 308 g/mol. The van der Waals surface area contributed by atoms with Crippen molar-refractivity contribution >= 4 is 17.5 Å². The van der Waals surface area contributed by atoms with Crippen molar-refractivity contribution in [2.24, 2.45) is 0 Å². The lowest BCUT2D eigenvalue weighted by molar-refractivity contribution is -0.130. The molecule has 0 bridgehead atoms. The van der Waals surface area contributed by atoms with Gasteiger partial charge in [0.05, 0.1) is 12.1 Å². The summed E-state index contributed by atoms with van der Waals surface area (Å²) in [7, 11) is 0. The first kappa shape index (κ1) is 15.6. The molecule has 3 rings (SSSR count). The molecule has 24 heavy (non-hydrogen) atoms. The summed E-state index contributed by atoms with van der Waals surface area (Å²) in [5, 5.41) is 24.3. The Morgan fingerprint density at radius 2 is 1.88 bits per heavy atom. The normalized spacial score (nSPS) is 14.3. The van der Waals surface area contributed by atoms with Crippen LogP contribution in [0, 0.1) is 11.3 Å². The maximum absolute atomic E-state index is 12.3. The first-order chi connectivity index (χ1) is 11.7. The van der Waals surface area contributed by atoms with Crippen LogP contribution in [-0.2, 0) is 11.2 Å². The van der Waals surface area contributed by atoms with Crippen LogP contribution >= 0.6 is 0 Å². The van der Waals surface area contributed by atoms with E-state index in [9.17, 15) is 4.79 Å². The van der Waals surface area contributed by atoms with E-state index in [2.05, 4.69) is 20.4 Å². The molecule has 0 unspecified atom stereocenters. The van der Waals surface area contributed by atoms with Gasteiger partial charge in [0.25, 0.3) is 0 Å². The van der Waals surface area contributed by atoms with Crippen LogP contribution in [0.1, 0.15) is 11.4 Å². The molecule has 2 N–H and O–H groups in total. The molecule has 0 radical (unpaired) electrons. The third kappa shape index (κ3) is 3.55. The standard InChI is InChI=1S/C15H16N8O/c16-10-12-2-4-14(21-19-12)22-5-7-23(8-6-22)15(24)9-11-1-3-13(17)20-18-11/h1-4H,5-9H2,(H2,17,20). The molecule has 0 aliphatic carbocycles. The van der Waals surface area contributed by atoms with Crippen LogP contribution in [0.2, 0.25) is 0 Å². The number of aromatic nitrogens is 4. The van der Waals surface area contributed by atoms with Gasteiger partial charge in [-0.25, -0.2) is 0 Å². The molecule has 9 heteroatoms. The van der Waals surface area contributed by atoms with Crippen LogP contribution < -0.4 is 10.6 Å². The van der Waals surface area contributed by atoms with E-state index in [0.29, 0.717) is 43.5 Å². The van der Waals surface area contributed by atoms with Crippen molar-refractivity contribution in [1.29, 1.82) is 5.26 Å². The van der Waals surface area contributed by atoms with Gasteiger partial charge < -0.3 is 15.5 Å². The molecule has 1 saturated heterocycles. The second-order valence-corrected chi connectivity index (χ2v) is 5.38. The third-order valence-electron chi connectivity index (χ3n) is 3.79. The molecule has 9 nitrogen and oxygen atoms in total. The number of hydrogen-bond acceptors (Lipinski definition) is 8. The molecule has 1 amide bonds. The molecule has 1 aliphatic rings. The van der Waals surface area contributed by atoms with Gasteiger partial charge >= 0.3 is 0 Å². The molecule has 1 aliphatic heterocycles. The Balaban J connectivity index is 1.55. The molecule has 0 aromatic carbocycles. The Morgan fingerprint density at radius 1 is 1.08 bits per heavy atom. The highest BCUT2D eigenvalue weighted by Crippen LogP contribution is 2.13. The van der Waals surface area contributed by atoms with Crippen molar-refractivity contribution in [2.45, 2.75) is 6.42 Å². The molecule has 3 heterocycles. The van der Waals surface area contributed by atoms with E-state index >= 15 is 0 Å². The van der Waals surface area contributed by atoms with Gasteiger partial charge in [-0.1, -0.05) is 0 Å². The SMILES string of the molecule is N#Cc1ccc(N2CCN(C(=O)Cc3ccc(N)nn3)CC2)nn1. The quantitative estimate of drug-likeness (QED) is 0.809. The topological polar surface area (TPSA) is 125 Å². The summed E-state index contributed by atoms with van der Waals surface area (Å²) in [6, 6.07) is 8.70. The zero-order chi connectivity index (χ0) is 16.9. The van der Waals surface area contributed by atoms with Gasteiger partial charge in [-0.05, 0) is 24.3 Å². The van der Waals surface area contributed by atoms with Gasteiger partial charge in [0.15, 0.2) is 11.5 Å². The smallest absolute Gasteiger partial charge is 0.228 e. The highest BCUT2D eigenvalue weighted by molar-refractivity contribution is 5.78. The number of nitrogens with zero attached hydrogens (tertiary/aromatic N) is 7. The molecule has 2 aromatic rings. The van der Waals surface area contributed by atoms with Gasteiger partial charge in [-0.15, -0.1) is 15.3 Å². The maximum atomic E-state index is 12.3. The average Bonchev–Trinajstić information content (AvgIpc) is 2.64. The van der Waals surface area contributed by atoms with Gasteiger partial charge in [0, 0.05) is 26.2 Å². The third-order valence-corrected chi connectivity index (χ3v) is 3.79. The number of anilines is 2. The molecule has 122 valence electrons. The van der Waals surface area contributed by atoms with Crippen LogP contribution in [0.3, 0.4) is 0 Å². The Labute approximate surface area is 138 Å². The number of carbonyl (C=O) groups is 1. The Kier molecular flexibility index (Phi) is 4.47. The summed E-state index contributed by atoms with van der Waals surface area (Å²) in [5.74, 6) is 1.06. The Morgan fingerprint density at radius 3 is 2.46 bits per heavy atom. The highest BCUT2D eigenvalue weighted by Gasteiger charge is 2.22. The van der Waals surface area contributed by atoms with Gasteiger partial charge in [0.2, 0.25) is 5.91 Å². The zero-order valence-corrected chi connectivity index (χ0v) is 13.0. The van der Waals surface area contributed by atoms with E-state index < -0.39 is 0 Å². The van der Waals surface area contributed by atoms with Crippen LogP contribution in [0.15, 0.2) is 24.3 Å². The van der Waals surface area contributed by atoms with E-state index in [-0.39, 0.29) is 18.0 Å². The fourth-order valence-corrected chi connectivity index (χ4v) is 2.47. The first-order valence-electron chi connectivity index (χ1n) is 7.50. The summed E-state index contributed by atoms with van der Waals surface area (Å²) < 4.78 is 0. The lowest BCUT2D eigenvalue weighted by atomic mass is 10.2. The van der Waals surface area contributed by atoms with Gasteiger partial charge in [-0.2, -0.15) is 10.4 Å². The summed E-state index contributed by atoms with van der Waals surface area (Å²) in [6.45, 7) is 2.53. The number of nitrogen functional groups attached to an aromatic ring is 1. The number of hydrogen-bond donors (Lipinski definition) is 1. The van der Waals surface area contributed by atoms with Crippen molar-refractivity contribution in [1.82, 2.24) is 25.3 Å². The van der Waals surface area contributed by atoms with E-state index in [0.717, 1.165) is 0 Å². The van der Waals surface area contributed by atoms with Crippen molar-refractivity contribution in [2.75, 3.05) is 36.8 Å². The zero-order valence-electron chi connectivity index (χ0n) is 13.0. The number of amides is 1. The van der Waals surface area contributed by atoms with E-state index in [4.69, 9.17) is 11.0 Å². The minimum Gasteiger partial charge on any atom is -0.382 e. The number of nitriles is 1. The Hall–Kier alpha value is -3.28. The fraction of sp³-hybridized carbons (Fsp3) is 0.333. The van der Waals surface area contributed by atoms with Crippen LogP contribution in [0.4, 0.5) is 11.6 Å². The lowest BCUT2D eigenvalue weighted by Crippen LogP contribution is -2.49. The van der Waals surface area contributed by atoms with Crippen molar-refractivity contribution in [3.63, 3.8) is 0 Å². The van der Waals surface area contributed by atoms with Gasteiger partial charge in [-0.3, -0.25) is 4.79 Å². The summed E-state index contributed by atoms with van der Waals surface area (Å²) in [6.07, 6.45) is 0.212. The van der Waals surface area contributed by atoms with Crippen LogP contribution in [0.25, 0.3) is 0 Å². The van der Waals surface area contributed by atoms with E-state index in [1.54, 1.807) is 29.2 Å². The fourth-order valence-electron chi connectivity index (χ4n) is 2.47. The molecular formula is C15H16N8O. The lowest BCUT2D eigenvalue weighted by Gasteiger charge is -2.35. The summed E-state index contributed by atoms with van der Waals surface area (Å²) in [4.78, 5) is 16.2. The van der Waals surface area contributed by atoms with E-state index in [1.165, 1.54) is 0 Å². The van der Waals surface area contributed by atoms with E-state index in [1.807, 2.05) is 11.0 Å². The molecule has 1 fully saturated rings. The molecule has 2 aromatic heterocycles. The first-order valence-corrected chi connectivity index (χ1v) is 7.50. The predicted octanol–water partition coefficient (Wildman–Crippen LogP) is -0.388. The van der Waals surface area contributed by atoms with Gasteiger partial charge in [0.1, 0.15) is 11.9 Å². The minimum atomic E-state index is 0.0136. The predicted molar refractivity (Wildman–Crippen MR) is 85.7 cm³/mol. The van der Waals surface area contributed by atoms with Crippen LogP contribution in [-0.4, -0.2) is 57.4 Å². The van der Waals surface area contributed by atoms with Crippen molar-refractivity contribution in [3.05, 3.63) is 35.7 Å². The minimum absolute atomic E-state index is 0.0136. The maximum Gasteiger partial charge on any atom is 0.228 e. The monoisotopic (exact) mass is 324 g/mol. The second-order valence-electron chi connectivity index (χ2n) is 5.38. The van der Waals surface area contributed by atoms with Crippen molar-refractivity contribution < 1.29 is 4.79 Å². The number of rotatable bonds is 3. The average molecular weight is 324 g/mol. The molecule has 0 spiro atoms.